The van der Waals surface area contributed by atoms with Crippen molar-refractivity contribution in [3.63, 3.8) is 0 Å². The second-order valence-corrected chi connectivity index (χ2v) is 15.3. The number of rotatable bonds is 3. The zero-order valence-electron chi connectivity index (χ0n) is 25.0. The van der Waals surface area contributed by atoms with Gasteiger partial charge in [0.2, 0.25) is 6.29 Å². The van der Waals surface area contributed by atoms with Gasteiger partial charge in [-0.05, 0) is 88.9 Å². The molecule has 7 nitrogen and oxygen atoms in total. The van der Waals surface area contributed by atoms with Crippen molar-refractivity contribution >= 4 is 11.9 Å². The Morgan fingerprint density at radius 3 is 2.36 bits per heavy atom. The highest BCUT2D eigenvalue weighted by atomic mass is 16.7. The first-order chi connectivity index (χ1) is 18.0. The molecule has 0 amide bonds. The molecule has 0 spiro atoms. The van der Waals surface area contributed by atoms with E-state index in [0.29, 0.717) is 12.8 Å². The van der Waals surface area contributed by atoms with Gasteiger partial charge >= 0.3 is 11.9 Å². The standard InChI is InChI=1S/C32H48O7/c1-17(33)36-27-18(15-20(37-27)26-29(4,5)39-26)19-9-10-21-30(19,6)13-11-22-31(7)14-12-25(35)38-28(2,3)23(31)16-24(34)32(21,22)8/h10,18-20,22-24,26-27,34H,9,11-16H2,1-8H3. The zero-order chi connectivity index (χ0) is 28.3. The second-order valence-electron chi connectivity index (χ2n) is 15.3. The molecule has 11 atom stereocenters. The third-order valence-corrected chi connectivity index (χ3v) is 12.5. The molecule has 3 aliphatic heterocycles. The summed E-state index contributed by atoms with van der Waals surface area (Å²) in [4.78, 5) is 24.7. The van der Waals surface area contributed by atoms with E-state index in [9.17, 15) is 14.7 Å². The molecule has 3 heterocycles. The van der Waals surface area contributed by atoms with Crippen molar-refractivity contribution in [2.45, 2.75) is 136 Å². The molecule has 0 aromatic rings. The Bertz CT molecular complexity index is 1090. The van der Waals surface area contributed by atoms with E-state index < -0.39 is 18.0 Å². The fourth-order valence-corrected chi connectivity index (χ4v) is 10.6. The fourth-order valence-electron chi connectivity index (χ4n) is 10.6. The molecule has 3 saturated heterocycles. The van der Waals surface area contributed by atoms with Crippen molar-refractivity contribution in [2.24, 2.45) is 39.9 Å². The summed E-state index contributed by atoms with van der Waals surface area (Å²) in [5.74, 6) is 0.249. The summed E-state index contributed by atoms with van der Waals surface area (Å²) in [6.45, 7) is 16.7. The first-order valence-corrected chi connectivity index (χ1v) is 15.2. The SMILES string of the molecule is CC(=O)OC1OC(C2OC2(C)C)CC1C1CC=C2C1(C)CCC1C3(C)CCC(=O)OC(C)(C)C3CC(O)C21C. The average molecular weight is 545 g/mol. The van der Waals surface area contributed by atoms with Gasteiger partial charge in [-0.1, -0.05) is 32.4 Å². The summed E-state index contributed by atoms with van der Waals surface area (Å²) in [5.41, 5.74) is -0.0577. The monoisotopic (exact) mass is 544 g/mol. The molecule has 11 unspecified atom stereocenters. The highest BCUT2D eigenvalue weighted by Gasteiger charge is 2.69. The molecule has 0 bridgehead atoms. The van der Waals surface area contributed by atoms with Crippen molar-refractivity contribution < 1.29 is 33.6 Å². The summed E-state index contributed by atoms with van der Waals surface area (Å²) < 4.78 is 24.1. The number of allylic oxidation sites excluding steroid dienone is 1. The second kappa shape index (κ2) is 8.54. The molecule has 39 heavy (non-hydrogen) atoms. The Morgan fingerprint density at radius 1 is 1.03 bits per heavy atom. The lowest BCUT2D eigenvalue weighted by atomic mass is 9.40. The Balaban J connectivity index is 1.32. The van der Waals surface area contributed by atoms with E-state index in [1.165, 1.54) is 12.5 Å². The van der Waals surface area contributed by atoms with Crippen LogP contribution in [0.25, 0.3) is 0 Å². The molecule has 218 valence electrons. The van der Waals surface area contributed by atoms with E-state index in [0.717, 1.165) is 32.1 Å². The highest BCUT2D eigenvalue weighted by molar-refractivity contribution is 5.70. The number of hydrogen-bond donors (Lipinski definition) is 1. The molecule has 5 fully saturated rings. The summed E-state index contributed by atoms with van der Waals surface area (Å²) in [7, 11) is 0. The minimum Gasteiger partial charge on any atom is -0.459 e. The Labute approximate surface area is 233 Å². The predicted octanol–water partition coefficient (Wildman–Crippen LogP) is 5.33. The zero-order valence-corrected chi connectivity index (χ0v) is 25.0. The maximum Gasteiger partial charge on any atom is 0.306 e. The number of esters is 2. The Kier molecular flexibility index (Phi) is 6.07. The topological polar surface area (TPSA) is 94.6 Å². The van der Waals surface area contributed by atoms with Gasteiger partial charge in [-0.25, -0.2) is 0 Å². The molecule has 1 N–H and O–H groups in total. The van der Waals surface area contributed by atoms with Gasteiger partial charge in [0.1, 0.15) is 11.7 Å². The number of carbonyl (C=O) groups is 2. The third-order valence-electron chi connectivity index (χ3n) is 12.5. The lowest BCUT2D eigenvalue weighted by Crippen LogP contribution is -2.63. The summed E-state index contributed by atoms with van der Waals surface area (Å²) in [6, 6.07) is 0. The van der Waals surface area contributed by atoms with Gasteiger partial charge in [0.25, 0.3) is 0 Å². The number of hydrogen-bond acceptors (Lipinski definition) is 7. The van der Waals surface area contributed by atoms with Gasteiger partial charge in [-0.15, -0.1) is 0 Å². The number of aliphatic hydroxyl groups is 1. The molecule has 0 aromatic heterocycles. The maximum absolute atomic E-state index is 12.6. The van der Waals surface area contributed by atoms with Gasteiger partial charge < -0.3 is 24.1 Å². The number of epoxide rings is 1. The van der Waals surface area contributed by atoms with E-state index in [-0.39, 0.29) is 69.7 Å². The molecule has 6 aliphatic rings. The largest absolute Gasteiger partial charge is 0.459 e. The number of fused-ring (bicyclic) bond motifs is 5. The van der Waals surface area contributed by atoms with Crippen LogP contribution in [0.1, 0.15) is 100 Å². The van der Waals surface area contributed by atoms with Crippen LogP contribution in [0.15, 0.2) is 11.6 Å². The minimum absolute atomic E-state index is 0.0241. The first-order valence-electron chi connectivity index (χ1n) is 15.2. The van der Waals surface area contributed by atoms with Crippen molar-refractivity contribution in [3.8, 4) is 0 Å². The van der Waals surface area contributed by atoms with Crippen molar-refractivity contribution in [1.82, 2.24) is 0 Å². The lowest BCUT2D eigenvalue weighted by molar-refractivity contribution is -0.198. The first kappa shape index (κ1) is 27.7. The van der Waals surface area contributed by atoms with Crippen molar-refractivity contribution in [2.75, 3.05) is 0 Å². The van der Waals surface area contributed by atoms with E-state index >= 15 is 0 Å². The van der Waals surface area contributed by atoms with Gasteiger partial charge in [0.05, 0.1) is 17.8 Å². The van der Waals surface area contributed by atoms with Crippen LogP contribution in [0.5, 0.6) is 0 Å². The molecule has 6 rings (SSSR count). The highest BCUT2D eigenvalue weighted by Crippen LogP contribution is 2.72. The Hall–Kier alpha value is -1.44. The maximum atomic E-state index is 12.6. The third kappa shape index (κ3) is 3.92. The number of carbonyl (C=O) groups excluding carboxylic acids is 2. The van der Waals surface area contributed by atoms with Gasteiger partial charge in [0.15, 0.2) is 0 Å². The Morgan fingerprint density at radius 2 is 1.72 bits per heavy atom. The molecule has 0 aromatic carbocycles. The molecular weight excluding hydrogens is 496 g/mol. The molecular formula is C32H48O7. The molecule has 7 heteroatoms. The van der Waals surface area contributed by atoms with Gasteiger partial charge in [-0.2, -0.15) is 0 Å². The summed E-state index contributed by atoms with van der Waals surface area (Å²) >= 11 is 0. The predicted molar refractivity (Wildman–Crippen MR) is 144 cm³/mol. The van der Waals surface area contributed by atoms with E-state index in [1.54, 1.807) is 0 Å². The fraction of sp³-hybridized carbons (Fsp3) is 0.875. The lowest BCUT2D eigenvalue weighted by Gasteiger charge is -2.65. The van der Waals surface area contributed by atoms with Gasteiger partial charge in [0, 0.05) is 30.6 Å². The van der Waals surface area contributed by atoms with Crippen LogP contribution in [0.4, 0.5) is 0 Å². The smallest absolute Gasteiger partial charge is 0.306 e. The number of cyclic esters (lactones) is 1. The van der Waals surface area contributed by atoms with Crippen LogP contribution < -0.4 is 0 Å². The number of ether oxygens (including phenoxy) is 4. The summed E-state index contributed by atoms with van der Waals surface area (Å²) in [5, 5.41) is 12.0. The van der Waals surface area contributed by atoms with Crippen molar-refractivity contribution in [3.05, 3.63) is 11.6 Å². The van der Waals surface area contributed by atoms with Gasteiger partial charge in [-0.3, -0.25) is 9.59 Å². The van der Waals surface area contributed by atoms with Crippen LogP contribution >= 0.6 is 0 Å². The van der Waals surface area contributed by atoms with E-state index in [2.05, 4.69) is 40.7 Å². The van der Waals surface area contributed by atoms with Crippen LogP contribution in [0.3, 0.4) is 0 Å². The van der Waals surface area contributed by atoms with Crippen LogP contribution in [0, 0.1) is 39.9 Å². The van der Waals surface area contributed by atoms with Crippen molar-refractivity contribution in [1.29, 1.82) is 0 Å². The number of aliphatic hydroxyl groups excluding tert-OH is 1. The minimum atomic E-state index is -0.607. The molecule has 2 saturated carbocycles. The van der Waals surface area contributed by atoms with Crippen LogP contribution in [-0.4, -0.2) is 52.8 Å². The average Bonchev–Trinajstić information content (AvgIpc) is 3.13. The van der Waals surface area contributed by atoms with E-state index in [1.807, 2.05) is 13.8 Å². The van der Waals surface area contributed by atoms with Crippen LogP contribution in [0.2, 0.25) is 0 Å². The van der Waals surface area contributed by atoms with E-state index in [4.69, 9.17) is 18.9 Å². The molecule has 3 aliphatic carbocycles. The summed E-state index contributed by atoms with van der Waals surface area (Å²) in [6.07, 6.45) is 6.81. The quantitative estimate of drug-likeness (QED) is 0.292. The molecule has 0 radical (unpaired) electrons. The van der Waals surface area contributed by atoms with Crippen LogP contribution in [-0.2, 0) is 28.5 Å². The normalized spacial score (nSPS) is 51.5.